The number of nitrogens with one attached hydrogen (secondary N) is 1. The van der Waals surface area contributed by atoms with Gasteiger partial charge < -0.3 is 10.1 Å². The molecule has 4 heteroatoms. The molecule has 0 aliphatic heterocycles. The third-order valence-electron chi connectivity index (χ3n) is 1.91. The second-order valence-corrected chi connectivity index (χ2v) is 3.36. The number of esters is 1. The number of hydrogen-bond donors (Lipinski definition) is 1. The molecule has 0 aromatic heterocycles. The van der Waals surface area contributed by atoms with Gasteiger partial charge in [0, 0.05) is 19.4 Å². The zero-order chi connectivity index (χ0) is 11.5. The lowest BCUT2D eigenvalue weighted by atomic mass is 10.2. The first-order valence-corrected chi connectivity index (χ1v) is 5.63. The summed E-state index contributed by atoms with van der Waals surface area (Å²) < 4.78 is 4.78. The van der Waals surface area contributed by atoms with Gasteiger partial charge in [0.2, 0.25) is 5.91 Å². The van der Waals surface area contributed by atoms with Crippen molar-refractivity contribution in [1.82, 2.24) is 5.32 Å². The van der Waals surface area contributed by atoms with Crippen LogP contribution in [0.5, 0.6) is 0 Å². The van der Waals surface area contributed by atoms with Gasteiger partial charge in [-0.1, -0.05) is 6.92 Å². The lowest BCUT2D eigenvalue weighted by Gasteiger charge is -2.04. The van der Waals surface area contributed by atoms with Gasteiger partial charge in [0.25, 0.3) is 0 Å². The highest BCUT2D eigenvalue weighted by atomic mass is 16.5. The fourth-order valence-electron chi connectivity index (χ4n) is 1.17. The molecule has 0 radical (unpaired) electrons. The summed E-state index contributed by atoms with van der Waals surface area (Å²) in [6.07, 6.45) is 3.49. The minimum absolute atomic E-state index is 0.0913. The van der Waals surface area contributed by atoms with E-state index in [1.54, 1.807) is 6.92 Å². The molecule has 1 amide bonds. The van der Waals surface area contributed by atoms with Crippen molar-refractivity contribution < 1.29 is 14.3 Å². The molecule has 0 unspecified atom stereocenters. The van der Waals surface area contributed by atoms with Crippen LogP contribution in [0, 0.1) is 0 Å². The number of amides is 1. The summed E-state index contributed by atoms with van der Waals surface area (Å²) >= 11 is 0. The summed E-state index contributed by atoms with van der Waals surface area (Å²) in [6.45, 7) is 4.85. The first-order valence-electron chi connectivity index (χ1n) is 5.63. The van der Waals surface area contributed by atoms with Crippen molar-refractivity contribution in [3.63, 3.8) is 0 Å². The van der Waals surface area contributed by atoms with Gasteiger partial charge in [0.05, 0.1) is 6.61 Å². The Bertz CT molecular complexity index is 172. The topological polar surface area (TPSA) is 55.4 Å². The molecule has 0 fully saturated rings. The van der Waals surface area contributed by atoms with Crippen LogP contribution in [0.15, 0.2) is 0 Å². The Labute approximate surface area is 91.4 Å². The molecule has 0 bridgehead atoms. The number of carbonyl (C=O) groups is 2. The van der Waals surface area contributed by atoms with Crippen molar-refractivity contribution in [3.8, 4) is 0 Å². The molecule has 0 saturated carbocycles. The maximum atomic E-state index is 11.0. The van der Waals surface area contributed by atoms with Gasteiger partial charge in [-0.05, 0) is 26.2 Å². The van der Waals surface area contributed by atoms with Crippen molar-refractivity contribution in [2.45, 2.75) is 46.0 Å². The molecule has 88 valence electrons. The molecule has 0 aromatic rings. The first-order chi connectivity index (χ1) is 7.20. The summed E-state index contributed by atoms with van der Waals surface area (Å²) in [4.78, 5) is 22.0. The summed E-state index contributed by atoms with van der Waals surface area (Å²) in [5, 5.41) is 2.80. The van der Waals surface area contributed by atoms with Crippen LogP contribution in [0.4, 0.5) is 0 Å². The maximum Gasteiger partial charge on any atom is 0.305 e. The second kappa shape index (κ2) is 9.49. The van der Waals surface area contributed by atoms with Gasteiger partial charge in [0.15, 0.2) is 0 Å². The van der Waals surface area contributed by atoms with Crippen molar-refractivity contribution in [2.24, 2.45) is 0 Å². The number of ether oxygens (including phenoxy) is 1. The van der Waals surface area contributed by atoms with Crippen molar-refractivity contribution in [1.29, 1.82) is 0 Å². The second-order valence-electron chi connectivity index (χ2n) is 3.36. The lowest BCUT2D eigenvalue weighted by Crippen LogP contribution is -2.23. The quantitative estimate of drug-likeness (QED) is 0.494. The maximum absolute atomic E-state index is 11.0. The van der Waals surface area contributed by atoms with E-state index in [0.29, 0.717) is 26.0 Å². The molecule has 0 rings (SSSR count). The van der Waals surface area contributed by atoms with Crippen LogP contribution in [0.2, 0.25) is 0 Å². The van der Waals surface area contributed by atoms with E-state index in [4.69, 9.17) is 4.74 Å². The van der Waals surface area contributed by atoms with Crippen LogP contribution < -0.4 is 5.32 Å². The third-order valence-corrected chi connectivity index (χ3v) is 1.91. The summed E-state index contributed by atoms with van der Waals surface area (Å²) in [6, 6.07) is 0. The van der Waals surface area contributed by atoms with Gasteiger partial charge in [-0.15, -0.1) is 0 Å². The fourth-order valence-corrected chi connectivity index (χ4v) is 1.17. The van der Waals surface area contributed by atoms with E-state index in [0.717, 1.165) is 19.3 Å². The van der Waals surface area contributed by atoms with Gasteiger partial charge in [-0.25, -0.2) is 0 Å². The van der Waals surface area contributed by atoms with E-state index in [2.05, 4.69) is 5.32 Å². The molecular weight excluding hydrogens is 194 g/mol. The molecule has 0 saturated heterocycles. The average Bonchev–Trinajstić information content (AvgIpc) is 2.18. The van der Waals surface area contributed by atoms with Gasteiger partial charge in [-0.3, -0.25) is 9.59 Å². The zero-order valence-electron chi connectivity index (χ0n) is 9.67. The molecular formula is C11H21NO3. The molecule has 4 nitrogen and oxygen atoms in total. The Morgan fingerprint density at radius 3 is 2.47 bits per heavy atom. The predicted molar refractivity (Wildman–Crippen MR) is 58.4 cm³/mol. The third kappa shape index (κ3) is 9.25. The van der Waals surface area contributed by atoms with Crippen LogP contribution in [-0.2, 0) is 14.3 Å². The molecule has 1 N–H and O–H groups in total. The molecule has 15 heavy (non-hydrogen) atoms. The molecule has 0 aromatic carbocycles. The van der Waals surface area contributed by atoms with Crippen molar-refractivity contribution >= 4 is 11.9 Å². The minimum atomic E-state index is -0.155. The Hall–Kier alpha value is -1.06. The Morgan fingerprint density at radius 2 is 1.87 bits per heavy atom. The highest BCUT2D eigenvalue weighted by molar-refractivity contribution is 5.75. The number of unbranched alkanes of at least 4 members (excludes halogenated alkanes) is 1. The smallest absolute Gasteiger partial charge is 0.305 e. The summed E-state index contributed by atoms with van der Waals surface area (Å²) in [5.41, 5.74) is 0. The van der Waals surface area contributed by atoms with Crippen LogP contribution in [0.25, 0.3) is 0 Å². The van der Waals surface area contributed by atoms with Crippen LogP contribution >= 0.6 is 0 Å². The van der Waals surface area contributed by atoms with Crippen molar-refractivity contribution in [3.05, 3.63) is 0 Å². The van der Waals surface area contributed by atoms with Crippen LogP contribution in [-0.4, -0.2) is 25.0 Å². The van der Waals surface area contributed by atoms with Crippen LogP contribution in [0.1, 0.15) is 46.0 Å². The normalized spacial score (nSPS) is 9.73. The number of rotatable bonds is 8. The molecule has 0 heterocycles. The van der Waals surface area contributed by atoms with E-state index in [1.165, 1.54) is 0 Å². The van der Waals surface area contributed by atoms with Gasteiger partial charge >= 0.3 is 5.97 Å². The van der Waals surface area contributed by atoms with Gasteiger partial charge in [-0.2, -0.15) is 0 Å². The Morgan fingerprint density at radius 1 is 1.13 bits per heavy atom. The highest BCUT2D eigenvalue weighted by Crippen LogP contribution is 1.97. The highest BCUT2D eigenvalue weighted by Gasteiger charge is 2.01. The average molecular weight is 215 g/mol. The fraction of sp³-hybridized carbons (Fsp3) is 0.818. The standard InChI is InChI=1S/C11H21NO3/c1-3-7-10(13)12-9-6-5-8-11(14)15-4-2/h3-9H2,1-2H3,(H,12,13). The molecule has 0 aliphatic carbocycles. The van der Waals surface area contributed by atoms with E-state index < -0.39 is 0 Å². The SMILES string of the molecule is CCCC(=O)NCCCCC(=O)OCC. The van der Waals surface area contributed by atoms with E-state index in [9.17, 15) is 9.59 Å². The van der Waals surface area contributed by atoms with E-state index in [1.807, 2.05) is 6.92 Å². The Kier molecular flexibility index (Phi) is 8.82. The van der Waals surface area contributed by atoms with E-state index in [-0.39, 0.29) is 11.9 Å². The minimum Gasteiger partial charge on any atom is -0.466 e. The van der Waals surface area contributed by atoms with Crippen LogP contribution in [0.3, 0.4) is 0 Å². The van der Waals surface area contributed by atoms with E-state index >= 15 is 0 Å². The van der Waals surface area contributed by atoms with Gasteiger partial charge in [0.1, 0.15) is 0 Å². The zero-order valence-corrected chi connectivity index (χ0v) is 9.67. The lowest BCUT2D eigenvalue weighted by molar-refractivity contribution is -0.143. The number of hydrogen-bond acceptors (Lipinski definition) is 3. The molecule has 0 aliphatic rings. The van der Waals surface area contributed by atoms with Crippen molar-refractivity contribution in [2.75, 3.05) is 13.2 Å². The molecule has 0 atom stereocenters. The summed E-state index contributed by atoms with van der Waals surface area (Å²) in [5.74, 6) is -0.0639. The molecule has 0 spiro atoms. The monoisotopic (exact) mass is 215 g/mol. The first kappa shape index (κ1) is 13.9. The number of carbonyl (C=O) groups excluding carboxylic acids is 2. The summed E-state index contributed by atoms with van der Waals surface area (Å²) in [7, 11) is 0. The Balaban J connectivity index is 3.24. The largest absolute Gasteiger partial charge is 0.466 e. The predicted octanol–water partition coefficient (Wildman–Crippen LogP) is 1.64.